The van der Waals surface area contributed by atoms with Crippen molar-refractivity contribution in [3.63, 3.8) is 0 Å². The summed E-state index contributed by atoms with van der Waals surface area (Å²) in [6.45, 7) is 1.86. The molecule has 0 radical (unpaired) electrons. The summed E-state index contributed by atoms with van der Waals surface area (Å²) in [5.74, 6) is 0.432. The topological polar surface area (TPSA) is 92.4 Å². The van der Waals surface area contributed by atoms with Gasteiger partial charge < -0.3 is 15.5 Å². The lowest BCUT2D eigenvalue weighted by atomic mass is 9.93. The summed E-state index contributed by atoms with van der Waals surface area (Å²) in [5, 5.41) is 15.3. The van der Waals surface area contributed by atoms with E-state index in [2.05, 4.69) is 46.6 Å². The molecule has 27 heavy (non-hydrogen) atoms. The van der Waals surface area contributed by atoms with Gasteiger partial charge in [0.1, 0.15) is 5.69 Å². The standard InChI is InChI=1S/C17H19BrN8O/c1-24-9-13(15(18)22-24)21-16(27)14-5-4-12-7-20-17(23-26(12)14)25-8-10-2-3-11(25)6-19-10/h4-5,7,9-11,19H,2-3,6,8H2,1H3,(H,21,27). The first-order valence-corrected chi connectivity index (χ1v) is 9.73. The van der Waals surface area contributed by atoms with E-state index in [4.69, 9.17) is 0 Å². The normalized spacial score (nSPS) is 21.8. The highest BCUT2D eigenvalue weighted by Crippen LogP contribution is 2.26. The Hall–Kier alpha value is -2.46. The van der Waals surface area contributed by atoms with Crippen molar-refractivity contribution >= 4 is 39.0 Å². The molecule has 0 aliphatic carbocycles. The van der Waals surface area contributed by atoms with E-state index in [0.717, 1.165) is 25.0 Å². The number of rotatable bonds is 3. The number of aromatic nitrogens is 5. The summed E-state index contributed by atoms with van der Waals surface area (Å²) >= 11 is 3.35. The van der Waals surface area contributed by atoms with Crippen molar-refractivity contribution in [1.82, 2.24) is 29.7 Å². The van der Waals surface area contributed by atoms with E-state index in [1.807, 2.05) is 6.07 Å². The minimum atomic E-state index is -0.241. The van der Waals surface area contributed by atoms with Gasteiger partial charge in [-0.25, -0.2) is 9.50 Å². The minimum Gasteiger partial charge on any atom is -0.334 e. The molecule has 2 atom stereocenters. The molecule has 3 aliphatic rings. The van der Waals surface area contributed by atoms with Crippen molar-refractivity contribution < 1.29 is 4.79 Å². The number of carbonyl (C=O) groups is 1. The van der Waals surface area contributed by atoms with Crippen LogP contribution in [0.1, 0.15) is 23.3 Å². The molecule has 2 unspecified atom stereocenters. The molecule has 6 rings (SSSR count). The molecule has 140 valence electrons. The molecule has 10 heteroatoms. The average molecular weight is 431 g/mol. The van der Waals surface area contributed by atoms with Gasteiger partial charge in [0.05, 0.1) is 17.4 Å². The largest absolute Gasteiger partial charge is 0.334 e. The second-order valence-electron chi connectivity index (χ2n) is 7.06. The highest BCUT2D eigenvalue weighted by atomic mass is 79.9. The quantitative estimate of drug-likeness (QED) is 0.652. The molecule has 0 saturated carbocycles. The van der Waals surface area contributed by atoms with Crippen LogP contribution in [-0.2, 0) is 7.05 Å². The van der Waals surface area contributed by atoms with Crippen molar-refractivity contribution in [2.45, 2.75) is 24.9 Å². The zero-order valence-electron chi connectivity index (χ0n) is 14.8. The number of hydrogen-bond acceptors (Lipinski definition) is 6. The van der Waals surface area contributed by atoms with Crippen LogP contribution in [0.3, 0.4) is 0 Å². The number of piperidine rings is 2. The van der Waals surface area contributed by atoms with Gasteiger partial charge in [-0.3, -0.25) is 9.48 Å². The van der Waals surface area contributed by atoms with Crippen molar-refractivity contribution in [3.8, 4) is 0 Å². The third-order valence-electron chi connectivity index (χ3n) is 5.26. The SMILES string of the molecule is Cn1cc(NC(=O)c2ccc3cnc(N4CC5CCC4CN5)nn23)c(Br)n1. The average Bonchev–Trinajstić information content (AvgIpc) is 3.24. The van der Waals surface area contributed by atoms with Crippen LogP contribution in [0, 0.1) is 0 Å². The number of nitrogens with zero attached hydrogens (tertiary/aromatic N) is 6. The fraction of sp³-hybridized carbons (Fsp3) is 0.412. The van der Waals surface area contributed by atoms with Gasteiger partial charge in [-0.15, -0.1) is 5.10 Å². The number of aryl methyl sites for hydroxylation is 1. The molecule has 3 aromatic heterocycles. The maximum Gasteiger partial charge on any atom is 0.274 e. The first-order valence-electron chi connectivity index (χ1n) is 8.94. The molecule has 0 aromatic carbocycles. The van der Waals surface area contributed by atoms with Gasteiger partial charge in [0, 0.05) is 38.4 Å². The summed E-state index contributed by atoms with van der Waals surface area (Å²) in [6.07, 6.45) is 5.86. The number of anilines is 2. The van der Waals surface area contributed by atoms with E-state index in [-0.39, 0.29) is 5.91 Å². The van der Waals surface area contributed by atoms with Crippen LogP contribution in [0.5, 0.6) is 0 Å². The molecule has 3 aliphatic heterocycles. The summed E-state index contributed by atoms with van der Waals surface area (Å²) in [6, 6.07) is 4.51. The van der Waals surface area contributed by atoms with Crippen molar-refractivity contribution in [3.05, 3.63) is 34.8 Å². The smallest absolute Gasteiger partial charge is 0.274 e. The molecule has 2 bridgehead atoms. The van der Waals surface area contributed by atoms with Gasteiger partial charge in [-0.2, -0.15) is 5.10 Å². The number of piperazine rings is 1. The van der Waals surface area contributed by atoms with Gasteiger partial charge in [-0.1, -0.05) is 0 Å². The second-order valence-corrected chi connectivity index (χ2v) is 7.81. The molecule has 3 fully saturated rings. The zero-order chi connectivity index (χ0) is 18.5. The lowest BCUT2D eigenvalue weighted by molar-refractivity contribution is 0.102. The predicted octanol–water partition coefficient (Wildman–Crippen LogP) is 1.42. The van der Waals surface area contributed by atoms with Gasteiger partial charge in [0.2, 0.25) is 5.95 Å². The van der Waals surface area contributed by atoms with E-state index in [0.29, 0.717) is 34.0 Å². The summed E-state index contributed by atoms with van der Waals surface area (Å²) < 4.78 is 3.89. The molecule has 6 heterocycles. The minimum absolute atomic E-state index is 0.241. The second kappa shape index (κ2) is 6.31. The summed E-state index contributed by atoms with van der Waals surface area (Å²) in [7, 11) is 1.80. The van der Waals surface area contributed by atoms with Gasteiger partial charge in [0.15, 0.2) is 4.60 Å². The number of nitrogens with one attached hydrogen (secondary N) is 2. The van der Waals surface area contributed by atoms with Crippen LogP contribution in [-0.4, -0.2) is 55.5 Å². The Kier molecular flexibility index (Phi) is 3.90. The lowest BCUT2D eigenvalue weighted by Gasteiger charge is -2.45. The molecular formula is C17H19BrN8O. The first kappa shape index (κ1) is 16.7. The Labute approximate surface area is 163 Å². The fourth-order valence-electron chi connectivity index (χ4n) is 3.88. The first-order chi connectivity index (χ1) is 13.1. The van der Waals surface area contributed by atoms with Crippen molar-refractivity contribution in [1.29, 1.82) is 0 Å². The molecule has 3 saturated heterocycles. The predicted molar refractivity (Wildman–Crippen MR) is 104 cm³/mol. The highest BCUT2D eigenvalue weighted by Gasteiger charge is 2.35. The molecule has 1 amide bonds. The maximum absolute atomic E-state index is 12.8. The number of halogens is 1. The van der Waals surface area contributed by atoms with E-state index in [1.54, 1.807) is 34.7 Å². The zero-order valence-corrected chi connectivity index (χ0v) is 16.3. The summed E-state index contributed by atoms with van der Waals surface area (Å²) in [4.78, 5) is 19.6. The van der Waals surface area contributed by atoms with E-state index in [1.165, 1.54) is 6.42 Å². The van der Waals surface area contributed by atoms with Gasteiger partial charge in [0.25, 0.3) is 5.91 Å². The Bertz CT molecular complexity index is 1020. The Morgan fingerprint density at radius 2 is 2.22 bits per heavy atom. The third kappa shape index (κ3) is 2.88. The number of amides is 1. The summed E-state index contributed by atoms with van der Waals surface area (Å²) in [5.41, 5.74) is 1.87. The number of carbonyl (C=O) groups excluding carboxylic acids is 1. The van der Waals surface area contributed by atoms with Crippen LogP contribution in [0.4, 0.5) is 11.6 Å². The van der Waals surface area contributed by atoms with Crippen molar-refractivity contribution in [2.75, 3.05) is 23.3 Å². The number of fused-ring (bicyclic) bond motifs is 4. The Balaban J connectivity index is 1.46. The van der Waals surface area contributed by atoms with Crippen LogP contribution >= 0.6 is 15.9 Å². The molecular weight excluding hydrogens is 412 g/mol. The Morgan fingerprint density at radius 3 is 2.89 bits per heavy atom. The highest BCUT2D eigenvalue weighted by molar-refractivity contribution is 9.10. The van der Waals surface area contributed by atoms with Crippen molar-refractivity contribution in [2.24, 2.45) is 7.05 Å². The monoisotopic (exact) mass is 430 g/mol. The molecule has 9 nitrogen and oxygen atoms in total. The Morgan fingerprint density at radius 1 is 1.33 bits per heavy atom. The van der Waals surface area contributed by atoms with Gasteiger partial charge >= 0.3 is 0 Å². The van der Waals surface area contributed by atoms with Crippen LogP contribution in [0.25, 0.3) is 5.52 Å². The van der Waals surface area contributed by atoms with E-state index < -0.39 is 0 Å². The lowest BCUT2D eigenvalue weighted by Crippen LogP contribution is -2.61. The van der Waals surface area contributed by atoms with Crippen LogP contribution in [0.15, 0.2) is 29.1 Å². The van der Waals surface area contributed by atoms with E-state index in [9.17, 15) is 4.79 Å². The van der Waals surface area contributed by atoms with E-state index >= 15 is 0 Å². The molecule has 2 N–H and O–H groups in total. The van der Waals surface area contributed by atoms with Gasteiger partial charge in [-0.05, 0) is 40.9 Å². The fourth-order valence-corrected chi connectivity index (χ4v) is 4.33. The van der Waals surface area contributed by atoms with Crippen LogP contribution in [0.2, 0.25) is 0 Å². The third-order valence-corrected chi connectivity index (χ3v) is 5.84. The maximum atomic E-state index is 12.8. The number of hydrogen-bond donors (Lipinski definition) is 2. The molecule has 3 aromatic rings. The molecule has 0 spiro atoms. The van der Waals surface area contributed by atoms with Crippen LogP contribution < -0.4 is 15.5 Å².